The van der Waals surface area contributed by atoms with E-state index < -0.39 is 0 Å². The van der Waals surface area contributed by atoms with Gasteiger partial charge in [-0.1, -0.05) is 36.4 Å². The zero-order valence-electron chi connectivity index (χ0n) is 9.24. The summed E-state index contributed by atoms with van der Waals surface area (Å²) >= 11 is 0. The molecule has 0 atom stereocenters. The van der Waals surface area contributed by atoms with Gasteiger partial charge in [0, 0.05) is 6.42 Å². The lowest BCUT2D eigenvalue weighted by Gasteiger charge is -2.03. The molecule has 3 heteroatoms. The second-order valence-corrected chi connectivity index (χ2v) is 3.98. The van der Waals surface area contributed by atoms with Gasteiger partial charge in [-0.3, -0.25) is 4.40 Å². The van der Waals surface area contributed by atoms with Gasteiger partial charge in [-0.25, -0.2) is 4.98 Å². The minimum Gasteiger partial charge on any atom is -0.494 e. The van der Waals surface area contributed by atoms with Crippen LogP contribution in [0.5, 0.6) is 5.88 Å². The fourth-order valence-corrected chi connectivity index (χ4v) is 2.00. The molecule has 0 aliphatic heterocycles. The summed E-state index contributed by atoms with van der Waals surface area (Å²) in [7, 11) is 0. The molecule has 1 N–H and O–H groups in total. The number of rotatable bonds is 2. The van der Waals surface area contributed by atoms with E-state index in [1.807, 2.05) is 30.3 Å². The molecule has 0 unspecified atom stereocenters. The molecular weight excluding hydrogens is 212 g/mol. The molecule has 0 radical (unpaired) electrons. The monoisotopic (exact) mass is 224 g/mol. The predicted octanol–water partition coefficient (Wildman–Crippen LogP) is 2.63. The van der Waals surface area contributed by atoms with Crippen molar-refractivity contribution in [3.05, 3.63) is 66.1 Å². The lowest BCUT2D eigenvalue weighted by Crippen LogP contribution is -1.96. The molecule has 0 bridgehead atoms. The van der Waals surface area contributed by atoms with Crippen LogP contribution >= 0.6 is 0 Å². The van der Waals surface area contributed by atoms with Gasteiger partial charge in [-0.15, -0.1) is 0 Å². The first kappa shape index (κ1) is 9.90. The van der Waals surface area contributed by atoms with Crippen molar-refractivity contribution in [2.24, 2.45) is 0 Å². The summed E-state index contributed by atoms with van der Waals surface area (Å²) in [5.41, 5.74) is 2.10. The van der Waals surface area contributed by atoms with Gasteiger partial charge in [0.05, 0.1) is 11.7 Å². The molecule has 0 amide bonds. The Bertz CT molecular complexity index is 644. The first-order valence-corrected chi connectivity index (χ1v) is 5.53. The SMILES string of the molecule is Oc1cccc2cnc(Cc3ccccc3)n12. The molecular formula is C14H12N2O. The molecule has 2 heterocycles. The van der Waals surface area contributed by atoms with E-state index in [2.05, 4.69) is 17.1 Å². The van der Waals surface area contributed by atoms with Gasteiger partial charge in [0.15, 0.2) is 5.88 Å². The zero-order valence-corrected chi connectivity index (χ0v) is 9.24. The van der Waals surface area contributed by atoms with Crippen LogP contribution in [0.15, 0.2) is 54.7 Å². The molecule has 0 saturated heterocycles. The van der Waals surface area contributed by atoms with Crippen molar-refractivity contribution in [2.75, 3.05) is 0 Å². The smallest absolute Gasteiger partial charge is 0.197 e. The zero-order chi connectivity index (χ0) is 11.7. The minimum atomic E-state index is 0.228. The third-order valence-electron chi connectivity index (χ3n) is 2.81. The van der Waals surface area contributed by atoms with Crippen molar-refractivity contribution in [3.63, 3.8) is 0 Å². The van der Waals surface area contributed by atoms with E-state index in [1.54, 1.807) is 16.7 Å². The molecule has 0 aliphatic rings. The number of fused-ring (bicyclic) bond motifs is 1. The van der Waals surface area contributed by atoms with Crippen LogP contribution in [0.2, 0.25) is 0 Å². The lowest BCUT2D eigenvalue weighted by atomic mass is 10.1. The van der Waals surface area contributed by atoms with Crippen molar-refractivity contribution < 1.29 is 5.11 Å². The van der Waals surface area contributed by atoms with E-state index in [0.29, 0.717) is 6.42 Å². The summed E-state index contributed by atoms with van der Waals surface area (Å²) < 4.78 is 1.77. The molecule has 3 aromatic rings. The Morgan fingerprint density at radius 1 is 1.00 bits per heavy atom. The maximum Gasteiger partial charge on any atom is 0.197 e. The fraction of sp³-hybridized carbons (Fsp3) is 0.0714. The maximum absolute atomic E-state index is 9.84. The van der Waals surface area contributed by atoms with Gasteiger partial charge in [-0.05, 0) is 17.7 Å². The van der Waals surface area contributed by atoms with Crippen LogP contribution in [0.3, 0.4) is 0 Å². The van der Waals surface area contributed by atoms with Crippen molar-refractivity contribution in [1.29, 1.82) is 0 Å². The van der Waals surface area contributed by atoms with Crippen LogP contribution in [0.25, 0.3) is 5.52 Å². The predicted molar refractivity (Wildman–Crippen MR) is 66.1 cm³/mol. The number of pyridine rings is 1. The standard InChI is InChI=1S/C14H12N2O/c17-14-8-4-7-12-10-15-13(16(12)14)9-11-5-2-1-3-6-11/h1-8,10,17H,9H2. The van der Waals surface area contributed by atoms with Gasteiger partial charge in [0.1, 0.15) is 5.82 Å². The molecule has 0 saturated carbocycles. The molecule has 2 aromatic heterocycles. The lowest BCUT2D eigenvalue weighted by molar-refractivity contribution is 0.443. The summed E-state index contributed by atoms with van der Waals surface area (Å²) in [4.78, 5) is 4.35. The van der Waals surface area contributed by atoms with Gasteiger partial charge in [0.2, 0.25) is 0 Å². The molecule has 17 heavy (non-hydrogen) atoms. The average Bonchev–Trinajstić information content (AvgIpc) is 2.75. The quantitative estimate of drug-likeness (QED) is 0.726. The normalized spacial score (nSPS) is 10.8. The van der Waals surface area contributed by atoms with E-state index in [-0.39, 0.29) is 5.88 Å². The summed E-state index contributed by atoms with van der Waals surface area (Å²) in [6.07, 6.45) is 2.49. The Labute approximate surface area is 99.0 Å². The largest absolute Gasteiger partial charge is 0.494 e. The topological polar surface area (TPSA) is 37.5 Å². The molecule has 3 rings (SSSR count). The minimum absolute atomic E-state index is 0.228. The van der Waals surface area contributed by atoms with Crippen molar-refractivity contribution in [1.82, 2.24) is 9.38 Å². The second kappa shape index (κ2) is 3.94. The van der Waals surface area contributed by atoms with E-state index in [9.17, 15) is 5.11 Å². The highest BCUT2D eigenvalue weighted by molar-refractivity contribution is 5.49. The highest BCUT2D eigenvalue weighted by Crippen LogP contribution is 2.17. The van der Waals surface area contributed by atoms with E-state index in [1.165, 1.54) is 5.56 Å². The number of aromatic hydroxyl groups is 1. The number of nitrogens with zero attached hydrogens (tertiary/aromatic N) is 2. The molecule has 1 aromatic carbocycles. The molecule has 84 valence electrons. The number of aromatic nitrogens is 2. The number of imidazole rings is 1. The van der Waals surface area contributed by atoms with Crippen molar-refractivity contribution in [2.45, 2.75) is 6.42 Å². The first-order chi connectivity index (χ1) is 8.34. The van der Waals surface area contributed by atoms with E-state index in [4.69, 9.17) is 0 Å². The average molecular weight is 224 g/mol. The Morgan fingerprint density at radius 3 is 2.65 bits per heavy atom. The number of hydrogen-bond donors (Lipinski definition) is 1. The summed E-state index contributed by atoms with van der Waals surface area (Å²) in [5, 5.41) is 9.84. The Balaban J connectivity index is 2.07. The highest BCUT2D eigenvalue weighted by Gasteiger charge is 2.07. The van der Waals surface area contributed by atoms with Crippen LogP contribution in [0.4, 0.5) is 0 Å². The number of hydrogen-bond acceptors (Lipinski definition) is 2. The first-order valence-electron chi connectivity index (χ1n) is 5.53. The van der Waals surface area contributed by atoms with Crippen LogP contribution < -0.4 is 0 Å². The number of benzene rings is 1. The van der Waals surface area contributed by atoms with Crippen molar-refractivity contribution in [3.8, 4) is 5.88 Å². The van der Waals surface area contributed by atoms with Crippen LogP contribution in [0.1, 0.15) is 11.4 Å². The summed E-state index contributed by atoms with van der Waals surface area (Å²) in [6.45, 7) is 0. The van der Waals surface area contributed by atoms with Gasteiger partial charge in [0.25, 0.3) is 0 Å². The summed E-state index contributed by atoms with van der Waals surface area (Å²) in [5.74, 6) is 1.08. The maximum atomic E-state index is 9.84. The fourth-order valence-electron chi connectivity index (χ4n) is 2.00. The van der Waals surface area contributed by atoms with E-state index in [0.717, 1.165) is 11.3 Å². The summed E-state index contributed by atoms with van der Waals surface area (Å²) in [6, 6.07) is 15.5. The molecule has 3 nitrogen and oxygen atoms in total. The van der Waals surface area contributed by atoms with Crippen molar-refractivity contribution >= 4 is 5.52 Å². The van der Waals surface area contributed by atoms with Gasteiger partial charge in [-0.2, -0.15) is 0 Å². The van der Waals surface area contributed by atoms with Gasteiger partial charge >= 0.3 is 0 Å². The van der Waals surface area contributed by atoms with E-state index >= 15 is 0 Å². The highest BCUT2D eigenvalue weighted by atomic mass is 16.3. The Hall–Kier alpha value is -2.29. The molecule has 0 fully saturated rings. The van der Waals surface area contributed by atoms with Crippen LogP contribution in [0, 0.1) is 0 Å². The van der Waals surface area contributed by atoms with Gasteiger partial charge < -0.3 is 5.11 Å². The Morgan fingerprint density at radius 2 is 1.82 bits per heavy atom. The van der Waals surface area contributed by atoms with Crippen LogP contribution in [-0.2, 0) is 6.42 Å². The third kappa shape index (κ3) is 1.76. The molecule has 0 spiro atoms. The Kier molecular flexibility index (Phi) is 2.29. The third-order valence-corrected chi connectivity index (χ3v) is 2.81. The second-order valence-electron chi connectivity index (χ2n) is 3.98. The van der Waals surface area contributed by atoms with Crippen LogP contribution in [-0.4, -0.2) is 14.5 Å². The molecule has 0 aliphatic carbocycles.